The average Bonchev–Trinajstić information content (AvgIpc) is 3.64. The molecule has 0 fully saturated rings. The van der Waals surface area contributed by atoms with Crippen molar-refractivity contribution in [3.63, 3.8) is 0 Å². The van der Waals surface area contributed by atoms with Crippen LogP contribution in [0.2, 0.25) is 0 Å². The van der Waals surface area contributed by atoms with Crippen LogP contribution in [0.3, 0.4) is 0 Å². The van der Waals surface area contributed by atoms with E-state index in [4.69, 9.17) is 18.6 Å². The van der Waals surface area contributed by atoms with Gasteiger partial charge in [0.1, 0.15) is 30.1 Å². The van der Waals surface area contributed by atoms with Crippen molar-refractivity contribution in [1.82, 2.24) is 25.3 Å². The molecule has 0 saturated carbocycles. The summed E-state index contributed by atoms with van der Waals surface area (Å²) >= 11 is 0. The molecule has 0 bridgehead atoms. The highest BCUT2D eigenvalue weighted by Crippen LogP contribution is 2.17. The number of methoxy groups -OCH3 is 1. The Morgan fingerprint density at radius 3 is 2.74 bits per heavy atom. The van der Waals surface area contributed by atoms with Gasteiger partial charge in [0.15, 0.2) is 0 Å². The summed E-state index contributed by atoms with van der Waals surface area (Å²) in [6.45, 7) is 3.97. The Balaban J connectivity index is 1.11. The van der Waals surface area contributed by atoms with Gasteiger partial charge in [-0.3, -0.25) is 4.68 Å². The van der Waals surface area contributed by atoms with Crippen LogP contribution >= 0.6 is 0 Å². The summed E-state index contributed by atoms with van der Waals surface area (Å²) in [5.74, 6) is 0.848. The predicted molar refractivity (Wildman–Crippen MR) is 155 cm³/mol. The molecule has 42 heavy (non-hydrogen) atoms. The Hall–Kier alpha value is -4.51. The highest BCUT2D eigenvalue weighted by atomic mass is 19.1. The van der Waals surface area contributed by atoms with E-state index in [0.29, 0.717) is 36.7 Å². The molecule has 0 saturated heterocycles. The monoisotopic (exact) mass is 577 g/mol. The lowest BCUT2D eigenvalue weighted by Crippen LogP contribution is -2.28. The topological polar surface area (TPSA) is 114 Å². The summed E-state index contributed by atoms with van der Waals surface area (Å²) in [4.78, 5) is 15.9. The van der Waals surface area contributed by atoms with E-state index in [2.05, 4.69) is 32.7 Å². The van der Waals surface area contributed by atoms with Crippen LogP contribution < -0.4 is 10.1 Å². The van der Waals surface area contributed by atoms with Crippen LogP contribution in [0.5, 0.6) is 5.75 Å². The van der Waals surface area contributed by atoms with Crippen LogP contribution in [0.15, 0.2) is 59.3 Å². The van der Waals surface area contributed by atoms with E-state index in [0.717, 1.165) is 42.8 Å². The number of carbonyl (C=O) groups is 1. The Labute approximate surface area is 244 Å². The van der Waals surface area contributed by atoms with Gasteiger partial charge in [-0.1, -0.05) is 29.5 Å². The number of carbonyl (C=O) groups excluding carboxylic acids is 1. The third kappa shape index (κ3) is 10.2. The largest absolute Gasteiger partial charge is 0.487 e. The van der Waals surface area contributed by atoms with Crippen molar-refractivity contribution in [2.45, 2.75) is 45.8 Å². The van der Waals surface area contributed by atoms with Crippen LogP contribution in [0.4, 0.5) is 9.18 Å². The first-order valence-corrected chi connectivity index (χ1v) is 13.9. The van der Waals surface area contributed by atoms with E-state index in [-0.39, 0.29) is 19.0 Å². The molecule has 1 N–H and O–H groups in total. The van der Waals surface area contributed by atoms with Crippen LogP contribution in [0.25, 0.3) is 12.2 Å². The molecule has 0 spiro atoms. The molecule has 0 unspecified atom stereocenters. The van der Waals surface area contributed by atoms with Gasteiger partial charge in [0.2, 0.25) is 5.89 Å². The quantitative estimate of drug-likeness (QED) is 0.176. The minimum atomic E-state index is -0.467. The molecule has 10 nitrogen and oxygen atoms in total. The van der Waals surface area contributed by atoms with Gasteiger partial charge >= 0.3 is 6.09 Å². The van der Waals surface area contributed by atoms with E-state index < -0.39 is 6.09 Å². The highest BCUT2D eigenvalue weighted by molar-refractivity contribution is 5.67. The van der Waals surface area contributed by atoms with Crippen molar-refractivity contribution >= 4 is 18.2 Å². The van der Waals surface area contributed by atoms with Crippen LogP contribution in [0, 0.1) is 12.7 Å². The molecule has 4 aromatic rings. The number of nitrogens with one attached hydrogen (secondary N) is 1. The second kappa shape index (κ2) is 16.1. The van der Waals surface area contributed by atoms with Crippen LogP contribution in [0.1, 0.15) is 46.8 Å². The number of hydrogen-bond acceptors (Lipinski definition) is 8. The fourth-order valence-electron chi connectivity index (χ4n) is 4.02. The minimum absolute atomic E-state index is 0.241. The number of nitrogens with zero attached hydrogens (tertiary/aromatic N) is 4. The Morgan fingerprint density at radius 1 is 1.07 bits per heavy atom. The van der Waals surface area contributed by atoms with Gasteiger partial charge in [-0.2, -0.15) is 0 Å². The van der Waals surface area contributed by atoms with Gasteiger partial charge in [-0.15, -0.1) is 5.10 Å². The summed E-state index contributed by atoms with van der Waals surface area (Å²) in [6.07, 6.45) is 9.64. The maximum atomic E-state index is 14.0. The fourth-order valence-corrected chi connectivity index (χ4v) is 4.02. The first-order valence-electron chi connectivity index (χ1n) is 13.9. The Morgan fingerprint density at radius 2 is 1.93 bits per heavy atom. The SMILES string of the molecule is COCCNC(=O)OCCc1cn(CCCCc2ccc(OCc3coc(/C=C/c4ccc(C)cc4F)n3)cc2)nn1. The number of amides is 1. The molecule has 0 radical (unpaired) electrons. The molecule has 2 aromatic carbocycles. The second-order valence-corrected chi connectivity index (χ2v) is 9.70. The molecule has 0 aliphatic heterocycles. The lowest BCUT2D eigenvalue weighted by Gasteiger charge is -2.06. The number of benzene rings is 2. The van der Waals surface area contributed by atoms with Gasteiger partial charge < -0.3 is 23.9 Å². The predicted octanol–water partition coefficient (Wildman–Crippen LogP) is 5.40. The maximum absolute atomic E-state index is 14.0. The zero-order valence-electron chi connectivity index (χ0n) is 23.9. The van der Waals surface area contributed by atoms with Gasteiger partial charge in [0.25, 0.3) is 0 Å². The van der Waals surface area contributed by atoms with E-state index in [1.54, 1.807) is 25.3 Å². The molecule has 0 aliphatic carbocycles. The molecule has 2 heterocycles. The Kier molecular flexibility index (Phi) is 11.6. The van der Waals surface area contributed by atoms with Gasteiger partial charge in [0.05, 0.1) is 18.9 Å². The first-order chi connectivity index (χ1) is 20.5. The number of halogens is 1. The zero-order chi connectivity index (χ0) is 29.6. The summed E-state index contributed by atoms with van der Waals surface area (Å²) in [5, 5.41) is 10.9. The summed E-state index contributed by atoms with van der Waals surface area (Å²) in [6, 6.07) is 13.1. The smallest absolute Gasteiger partial charge is 0.407 e. The van der Waals surface area contributed by atoms with E-state index >= 15 is 0 Å². The Bertz CT molecular complexity index is 1430. The molecule has 222 valence electrons. The highest BCUT2D eigenvalue weighted by Gasteiger charge is 2.06. The molecule has 0 atom stereocenters. The van der Waals surface area contributed by atoms with Gasteiger partial charge in [-0.05, 0) is 61.6 Å². The molecule has 2 aromatic heterocycles. The molecule has 11 heteroatoms. The van der Waals surface area contributed by atoms with Crippen molar-refractivity contribution in [1.29, 1.82) is 0 Å². The van der Waals surface area contributed by atoms with Crippen LogP contribution in [-0.2, 0) is 35.5 Å². The van der Waals surface area contributed by atoms with E-state index in [9.17, 15) is 9.18 Å². The van der Waals surface area contributed by atoms with Crippen molar-refractivity contribution < 1.29 is 27.8 Å². The van der Waals surface area contributed by atoms with Gasteiger partial charge in [0, 0.05) is 44.5 Å². The van der Waals surface area contributed by atoms with Crippen molar-refractivity contribution in [2.75, 3.05) is 26.9 Å². The minimum Gasteiger partial charge on any atom is -0.487 e. The summed E-state index contributed by atoms with van der Waals surface area (Å²) < 4.78 is 37.1. The van der Waals surface area contributed by atoms with Crippen molar-refractivity contribution in [2.24, 2.45) is 0 Å². The van der Waals surface area contributed by atoms with Crippen LogP contribution in [-0.4, -0.2) is 52.9 Å². The number of ether oxygens (including phenoxy) is 3. The van der Waals surface area contributed by atoms with Gasteiger partial charge in [-0.25, -0.2) is 14.2 Å². The molecular formula is C31H36FN5O5. The second-order valence-electron chi connectivity index (χ2n) is 9.70. The number of aromatic nitrogens is 4. The number of rotatable bonds is 16. The lowest BCUT2D eigenvalue weighted by molar-refractivity contribution is 0.140. The summed E-state index contributed by atoms with van der Waals surface area (Å²) in [5.41, 5.74) is 4.00. The number of aryl methyl sites for hydroxylation is 3. The zero-order valence-corrected chi connectivity index (χ0v) is 23.9. The van der Waals surface area contributed by atoms with E-state index in [1.807, 2.05) is 36.0 Å². The molecule has 4 rings (SSSR count). The molecular weight excluding hydrogens is 541 g/mol. The normalized spacial score (nSPS) is 11.2. The number of unbranched alkanes of at least 4 members (excludes halogenated alkanes) is 1. The third-order valence-electron chi connectivity index (χ3n) is 6.30. The number of hydrogen-bond donors (Lipinski definition) is 1. The number of alkyl carbamates (subject to hydrolysis) is 1. The standard InChI is InChI=1S/C31H36FN5O5/c1-23-6-9-25(29(32)19-23)10-13-30-34-27(22-42-30)21-41-28-11-7-24(8-12-28)5-3-4-16-37-20-26(35-36-37)14-17-40-31(38)33-15-18-39-2/h6-13,19-20,22H,3-5,14-18,21H2,1-2H3,(H,33,38)/b13-10+. The summed E-state index contributed by atoms with van der Waals surface area (Å²) in [7, 11) is 1.57. The maximum Gasteiger partial charge on any atom is 0.407 e. The van der Waals surface area contributed by atoms with E-state index in [1.165, 1.54) is 17.9 Å². The average molecular weight is 578 g/mol. The lowest BCUT2D eigenvalue weighted by atomic mass is 10.1. The molecule has 1 amide bonds. The number of oxazole rings is 1. The fraction of sp³-hybridized carbons (Fsp3) is 0.355. The third-order valence-corrected chi connectivity index (χ3v) is 6.30. The van der Waals surface area contributed by atoms with Crippen molar-refractivity contribution in [3.05, 3.63) is 94.7 Å². The first kappa shape index (κ1) is 30.4. The molecule has 0 aliphatic rings. The van der Waals surface area contributed by atoms with Crippen molar-refractivity contribution in [3.8, 4) is 5.75 Å².